The molecular weight excluding hydrogens is 246 g/mol. The Balaban J connectivity index is 2.13. The summed E-state index contributed by atoms with van der Waals surface area (Å²) in [6.07, 6.45) is 0.888. The molecule has 18 heavy (non-hydrogen) atoms. The number of H-pyrrole nitrogens is 1. The van der Waals surface area contributed by atoms with Gasteiger partial charge in [0.1, 0.15) is 5.75 Å². The first-order chi connectivity index (χ1) is 8.61. The lowest BCUT2D eigenvalue weighted by atomic mass is 10.2. The van der Waals surface area contributed by atoms with Crippen molar-refractivity contribution in [3.63, 3.8) is 0 Å². The van der Waals surface area contributed by atoms with Crippen LogP contribution < -0.4 is 4.74 Å². The van der Waals surface area contributed by atoms with Gasteiger partial charge < -0.3 is 9.30 Å². The van der Waals surface area contributed by atoms with Crippen molar-refractivity contribution in [1.29, 1.82) is 0 Å². The SMILES string of the molecule is CCc1ccc(O[C@H](C)c2n[nH]c(=S)n2C)cc1. The van der Waals surface area contributed by atoms with Crippen molar-refractivity contribution in [2.45, 2.75) is 26.4 Å². The van der Waals surface area contributed by atoms with Gasteiger partial charge in [-0.2, -0.15) is 5.10 Å². The Labute approximate surface area is 112 Å². The van der Waals surface area contributed by atoms with Gasteiger partial charge in [0, 0.05) is 7.05 Å². The summed E-state index contributed by atoms with van der Waals surface area (Å²) in [7, 11) is 1.88. The van der Waals surface area contributed by atoms with E-state index in [2.05, 4.69) is 29.3 Å². The standard InChI is InChI=1S/C13H17N3OS/c1-4-10-5-7-11(8-6-10)17-9(2)12-14-15-13(18)16(12)3/h5-9H,4H2,1-3H3,(H,15,18)/t9-/m1/s1. The quantitative estimate of drug-likeness (QED) is 0.861. The van der Waals surface area contributed by atoms with E-state index in [0.717, 1.165) is 18.0 Å². The molecule has 2 rings (SSSR count). The van der Waals surface area contributed by atoms with Crippen LogP contribution in [0.2, 0.25) is 0 Å². The molecule has 0 aliphatic heterocycles. The molecule has 0 unspecified atom stereocenters. The second-order valence-corrected chi connectivity index (χ2v) is 4.59. The Bertz CT molecular complexity index is 571. The molecule has 1 heterocycles. The molecule has 0 aliphatic carbocycles. The number of rotatable bonds is 4. The minimum Gasteiger partial charge on any atom is -0.483 e. The lowest BCUT2D eigenvalue weighted by Gasteiger charge is -2.14. The third-order valence-corrected chi connectivity index (χ3v) is 3.29. The Kier molecular flexibility index (Phi) is 3.81. The first kappa shape index (κ1) is 12.8. The molecule has 1 aromatic carbocycles. The average Bonchev–Trinajstić information content (AvgIpc) is 2.71. The highest BCUT2D eigenvalue weighted by atomic mass is 32.1. The molecule has 1 aromatic heterocycles. The third-order valence-electron chi connectivity index (χ3n) is 2.92. The summed E-state index contributed by atoms with van der Waals surface area (Å²) in [5.74, 6) is 1.63. The van der Waals surface area contributed by atoms with Gasteiger partial charge in [0.2, 0.25) is 0 Å². The largest absolute Gasteiger partial charge is 0.483 e. The second-order valence-electron chi connectivity index (χ2n) is 4.20. The van der Waals surface area contributed by atoms with Crippen LogP contribution in [0, 0.1) is 4.77 Å². The van der Waals surface area contributed by atoms with E-state index in [9.17, 15) is 0 Å². The van der Waals surface area contributed by atoms with Gasteiger partial charge in [0.05, 0.1) is 0 Å². The van der Waals surface area contributed by atoms with Crippen molar-refractivity contribution in [3.8, 4) is 5.75 Å². The molecule has 0 amide bonds. The van der Waals surface area contributed by atoms with E-state index in [1.54, 1.807) is 0 Å². The number of nitrogens with one attached hydrogen (secondary N) is 1. The molecular formula is C13H17N3OS. The molecule has 5 heteroatoms. The number of benzene rings is 1. The third kappa shape index (κ3) is 2.61. The number of hydrogen-bond acceptors (Lipinski definition) is 3. The van der Waals surface area contributed by atoms with Crippen LogP contribution in [0.25, 0.3) is 0 Å². The van der Waals surface area contributed by atoms with E-state index >= 15 is 0 Å². The van der Waals surface area contributed by atoms with E-state index in [1.165, 1.54) is 5.56 Å². The smallest absolute Gasteiger partial charge is 0.195 e. The van der Waals surface area contributed by atoms with Crippen LogP contribution in [0.15, 0.2) is 24.3 Å². The van der Waals surface area contributed by atoms with Gasteiger partial charge in [-0.25, -0.2) is 0 Å². The predicted molar refractivity (Wildman–Crippen MR) is 73.3 cm³/mol. The lowest BCUT2D eigenvalue weighted by Crippen LogP contribution is -2.09. The summed E-state index contributed by atoms with van der Waals surface area (Å²) < 4.78 is 8.26. The van der Waals surface area contributed by atoms with Crippen molar-refractivity contribution in [2.75, 3.05) is 0 Å². The monoisotopic (exact) mass is 263 g/mol. The van der Waals surface area contributed by atoms with E-state index in [1.807, 2.05) is 30.7 Å². The number of aromatic nitrogens is 3. The van der Waals surface area contributed by atoms with Crippen molar-refractivity contribution in [2.24, 2.45) is 7.05 Å². The van der Waals surface area contributed by atoms with Crippen molar-refractivity contribution >= 4 is 12.2 Å². The Morgan fingerprint density at radius 1 is 1.39 bits per heavy atom. The summed E-state index contributed by atoms with van der Waals surface area (Å²) in [4.78, 5) is 0. The Hall–Kier alpha value is -1.62. The highest BCUT2D eigenvalue weighted by Gasteiger charge is 2.13. The van der Waals surface area contributed by atoms with Crippen LogP contribution in [0.1, 0.15) is 31.3 Å². The predicted octanol–water partition coefficient (Wildman–Crippen LogP) is 3.18. The van der Waals surface area contributed by atoms with Crippen LogP contribution in [0.3, 0.4) is 0 Å². The topological polar surface area (TPSA) is 42.8 Å². The molecule has 0 radical (unpaired) electrons. The zero-order chi connectivity index (χ0) is 13.1. The van der Waals surface area contributed by atoms with E-state index < -0.39 is 0 Å². The molecule has 0 aliphatic rings. The summed E-state index contributed by atoms with van der Waals surface area (Å²) in [5.41, 5.74) is 1.30. The zero-order valence-electron chi connectivity index (χ0n) is 10.8. The zero-order valence-corrected chi connectivity index (χ0v) is 11.6. The van der Waals surface area contributed by atoms with Gasteiger partial charge in [-0.05, 0) is 43.3 Å². The first-order valence-corrected chi connectivity index (χ1v) is 6.39. The fourth-order valence-electron chi connectivity index (χ4n) is 1.78. The van der Waals surface area contributed by atoms with Crippen molar-refractivity contribution < 1.29 is 4.74 Å². The fourth-order valence-corrected chi connectivity index (χ4v) is 1.92. The maximum absolute atomic E-state index is 5.84. The van der Waals surface area contributed by atoms with E-state index in [4.69, 9.17) is 17.0 Å². The molecule has 0 bridgehead atoms. The van der Waals surface area contributed by atoms with Crippen molar-refractivity contribution in [1.82, 2.24) is 14.8 Å². The number of nitrogens with zero attached hydrogens (tertiary/aromatic N) is 2. The maximum atomic E-state index is 5.84. The summed E-state index contributed by atoms with van der Waals surface area (Å²) >= 11 is 5.08. The molecule has 1 N–H and O–H groups in total. The molecule has 96 valence electrons. The van der Waals surface area contributed by atoms with Gasteiger partial charge in [0.25, 0.3) is 0 Å². The van der Waals surface area contributed by atoms with Crippen LogP contribution in [0.5, 0.6) is 5.75 Å². The Morgan fingerprint density at radius 2 is 2.06 bits per heavy atom. The van der Waals surface area contributed by atoms with E-state index in [0.29, 0.717) is 4.77 Å². The van der Waals surface area contributed by atoms with Gasteiger partial charge in [0.15, 0.2) is 16.7 Å². The summed E-state index contributed by atoms with van der Waals surface area (Å²) in [5, 5.41) is 6.92. The average molecular weight is 263 g/mol. The van der Waals surface area contributed by atoms with Crippen LogP contribution in [-0.2, 0) is 13.5 Å². The molecule has 4 nitrogen and oxygen atoms in total. The molecule has 1 atom stereocenters. The van der Waals surface area contributed by atoms with Gasteiger partial charge in [-0.1, -0.05) is 19.1 Å². The fraction of sp³-hybridized carbons (Fsp3) is 0.385. The van der Waals surface area contributed by atoms with Crippen molar-refractivity contribution in [3.05, 3.63) is 40.4 Å². The number of ether oxygens (including phenoxy) is 1. The van der Waals surface area contributed by atoms with E-state index in [-0.39, 0.29) is 6.10 Å². The highest BCUT2D eigenvalue weighted by molar-refractivity contribution is 7.71. The highest BCUT2D eigenvalue weighted by Crippen LogP contribution is 2.20. The molecule has 0 spiro atoms. The number of aryl methyl sites for hydroxylation is 1. The minimum atomic E-state index is -0.143. The van der Waals surface area contributed by atoms with Gasteiger partial charge >= 0.3 is 0 Å². The lowest BCUT2D eigenvalue weighted by molar-refractivity contribution is 0.212. The molecule has 2 aromatic rings. The molecule has 0 saturated heterocycles. The Morgan fingerprint density at radius 3 is 2.56 bits per heavy atom. The number of aromatic amines is 1. The minimum absolute atomic E-state index is 0.143. The summed E-state index contributed by atoms with van der Waals surface area (Å²) in [6.45, 7) is 4.09. The van der Waals surface area contributed by atoms with Crippen LogP contribution in [-0.4, -0.2) is 14.8 Å². The number of hydrogen-bond donors (Lipinski definition) is 1. The first-order valence-electron chi connectivity index (χ1n) is 5.98. The normalized spacial score (nSPS) is 12.4. The van der Waals surface area contributed by atoms with Crippen LogP contribution in [0.4, 0.5) is 0 Å². The maximum Gasteiger partial charge on any atom is 0.195 e. The second kappa shape index (κ2) is 5.35. The van der Waals surface area contributed by atoms with Gasteiger partial charge in [-0.3, -0.25) is 5.10 Å². The van der Waals surface area contributed by atoms with Gasteiger partial charge in [-0.15, -0.1) is 0 Å². The summed E-state index contributed by atoms with van der Waals surface area (Å²) in [6, 6.07) is 8.11. The van der Waals surface area contributed by atoms with Crippen LogP contribution >= 0.6 is 12.2 Å². The molecule has 0 saturated carbocycles. The molecule has 0 fully saturated rings.